The van der Waals surface area contributed by atoms with Crippen LogP contribution in [-0.2, 0) is 0 Å². The third kappa shape index (κ3) is 2.47. The average Bonchev–Trinajstić information content (AvgIpc) is 2.35. The molecule has 1 aromatic rings. The van der Waals surface area contributed by atoms with E-state index < -0.39 is 0 Å². The first-order valence-corrected chi connectivity index (χ1v) is 8.46. The molecule has 4 saturated carbocycles. The molecule has 3 heteroatoms. The zero-order valence-electron chi connectivity index (χ0n) is 12.9. The molecule has 0 aromatic heterocycles. The molecule has 5 rings (SSSR count). The van der Waals surface area contributed by atoms with Crippen LogP contribution in [0.5, 0.6) is 5.75 Å². The van der Waals surface area contributed by atoms with Crippen LogP contribution >= 0.6 is 0 Å². The van der Waals surface area contributed by atoms with E-state index in [9.17, 15) is 0 Å². The van der Waals surface area contributed by atoms with Gasteiger partial charge in [0.1, 0.15) is 5.75 Å². The molecule has 114 valence electrons. The number of nitrogens with two attached hydrogens (primary N) is 1. The van der Waals surface area contributed by atoms with Gasteiger partial charge in [0.05, 0.1) is 6.61 Å². The fraction of sp³-hybridized carbons (Fsp3) is 0.667. The molecule has 0 aliphatic heterocycles. The SMILES string of the molecule is CCOc1cc(N)cc(NC23CC4CC(CC(C4)C2)C3)c1. The number of ether oxygens (including phenoxy) is 1. The minimum absolute atomic E-state index is 0.325. The molecular weight excluding hydrogens is 260 g/mol. The lowest BCUT2D eigenvalue weighted by molar-refractivity contribution is 0.0107. The molecule has 3 nitrogen and oxygen atoms in total. The van der Waals surface area contributed by atoms with Gasteiger partial charge in [-0.3, -0.25) is 0 Å². The highest BCUT2D eigenvalue weighted by Crippen LogP contribution is 2.56. The highest BCUT2D eigenvalue weighted by molar-refractivity contribution is 5.60. The summed E-state index contributed by atoms with van der Waals surface area (Å²) in [5, 5.41) is 3.87. The molecule has 4 fully saturated rings. The number of hydrogen-bond donors (Lipinski definition) is 2. The van der Waals surface area contributed by atoms with E-state index >= 15 is 0 Å². The molecule has 21 heavy (non-hydrogen) atoms. The molecule has 0 saturated heterocycles. The van der Waals surface area contributed by atoms with Gasteiger partial charge in [-0.05, 0) is 69.3 Å². The Morgan fingerprint density at radius 3 is 2.29 bits per heavy atom. The van der Waals surface area contributed by atoms with Crippen molar-refractivity contribution in [1.82, 2.24) is 0 Å². The highest BCUT2D eigenvalue weighted by atomic mass is 16.5. The summed E-state index contributed by atoms with van der Waals surface area (Å²) in [7, 11) is 0. The summed E-state index contributed by atoms with van der Waals surface area (Å²) in [4.78, 5) is 0. The number of hydrogen-bond acceptors (Lipinski definition) is 3. The maximum Gasteiger partial charge on any atom is 0.123 e. The van der Waals surface area contributed by atoms with Gasteiger partial charge < -0.3 is 15.8 Å². The fourth-order valence-electron chi connectivity index (χ4n) is 5.51. The smallest absolute Gasteiger partial charge is 0.123 e. The summed E-state index contributed by atoms with van der Waals surface area (Å²) in [5.41, 5.74) is 8.29. The standard InChI is InChI=1S/C18H26N2O/c1-2-21-17-7-15(19)6-16(8-17)20-18-9-12-3-13(10-18)5-14(4-12)11-18/h6-8,12-14,20H,2-5,9-11,19H2,1H3. The first kappa shape index (κ1) is 13.3. The Hall–Kier alpha value is -1.38. The van der Waals surface area contributed by atoms with Crippen molar-refractivity contribution in [1.29, 1.82) is 0 Å². The van der Waals surface area contributed by atoms with Gasteiger partial charge in [0, 0.05) is 29.0 Å². The van der Waals surface area contributed by atoms with E-state index in [0.29, 0.717) is 12.1 Å². The van der Waals surface area contributed by atoms with Gasteiger partial charge in [0.15, 0.2) is 0 Å². The predicted octanol–water partition coefficient (Wildman–Crippen LogP) is 4.05. The summed E-state index contributed by atoms with van der Waals surface area (Å²) in [6.07, 6.45) is 8.46. The zero-order chi connectivity index (χ0) is 14.4. The second kappa shape index (κ2) is 4.82. The van der Waals surface area contributed by atoms with Crippen molar-refractivity contribution in [2.45, 2.75) is 51.0 Å². The molecule has 4 aliphatic carbocycles. The van der Waals surface area contributed by atoms with Crippen LogP contribution in [-0.4, -0.2) is 12.1 Å². The maximum absolute atomic E-state index is 6.04. The Morgan fingerprint density at radius 2 is 1.71 bits per heavy atom. The van der Waals surface area contributed by atoms with Gasteiger partial charge in [0.25, 0.3) is 0 Å². The van der Waals surface area contributed by atoms with Gasteiger partial charge in [-0.1, -0.05) is 0 Å². The lowest BCUT2D eigenvalue weighted by Crippen LogP contribution is -2.54. The molecule has 4 aliphatic rings. The van der Waals surface area contributed by atoms with Crippen molar-refractivity contribution in [3.05, 3.63) is 18.2 Å². The first-order valence-electron chi connectivity index (χ1n) is 8.46. The number of rotatable bonds is 4. The van der Waals surface area contributed by atoms with Gasteiger partial charge in [-0.2, -0.15) is 0 Å². The topological polar surface area (TPSA) is 47.3 Å². The first-order chi connectivity index (χ1) is 10.1. The zero-order valence-corrected chi connectivity index (χ0v) is 12.9. The molecule has 0 radical (unpaired) electrons. The third-order valence-corrected chi connectivity index (χ3v) is 5.69. The van der Waals surface area contributed by atoms with Crippen LogP contribution in [0.3, 0.4) is 0 Å². The van der Waals surface area contributed by atoms with E-state index in [2.05, 4.69) is 17.4 Å². The lowest BCUT2D eigenvalue weighted by atomic mass is 9.53. The van der Waals surface area contributed by atoms with E-state index in [4.69, 9.17) is 10.5 Å². The van der Waals surface area contributed by atoms with Crippen molar-refractivity contribution in [3.8, 4) is 5.75 Å². The second-order valence-corrected chi connectivity index (χ2v) is 7.55. The quantitative estimate of drug-likeness (QED) is 0.821. The van der Waals surface area contributed by atoms with Crippen LogP contribution in [0.2, 0.25) is 0 Å². The Bertz CT molecular complexity index is 505. The van der Waals surface area contributed by atoms with Crippen LogP contribution in [0, 0.1) is 17.8 Å². The van der Waals surface area contributed by atoms with Crippen LogP contribution < -0.4 is 15.8 Å². The number of anilines is 2. The van der Waals surface area contributed by atoms with Gasteiger partial charge >= 0.3 is 0 Å². The Balaban J connectivity index is 1.58. The normalized spacial score (nSPS) is 36.7. The van der Waals surface area contributed by atoms with Crippen LogP contribution in [0.25, 0.3) is 0 Å². The molecule has 0 amide bonds. The summed E-state index contributed by atoms with van der Waals surface area (Å²) < 4.78 is 5.63. The van der Waals surface area contributed by atoms with Crippen molar-refractivity contribution >= 4 is 11.4 Å². The minimum Gasteiger partial charge on any atom is -0.494 e. The van der Waals surface area contributed by atoms with Crippen LogP contribution in [0.15, 0.2) is 18.2 Å². The molecule has 3 N–H and O–H groups in total. The van der Waals surface area contributed by atoms with Gasteiger partial charge in [0.2, 0.25) is 0 Å². The average molecular weight is 286 g/mol. The summed E-state index contributed by atoms with van der Waals surface area (Å²) in [5.74, 6) is 3.74. The largest absolute Gasteiger partial charge is 0.494 e. The highest BCUT2D eigenvalue weighted by Gasteiger charge is 2.50. The number of benzene rings is 1. The van der Waals surface area contributed by atoms with Gasteiger partial charge in [-0.25, -0.2) is 0 Å². The van der Waals surface area contributed by atoms with E-state index in [1.165, 1.54) is 38.5 Å². The second-order valence-electron chi connectivity index (χ2n) is 7.55. The number of nitrogens with one attached hydrogen (secondary N) is 1. The van der Waals surface area contributed by atoms with Crippen molar-refractivity contribution in [2.24, 2.45) is 17.8 Å². The van der Waals surface area contributed by atoms with Gasteiger partial charge in [-0.15, -0.1) is 0 Å². The van der Waals surface area contributed by atoms with Crippen molar-refractivity contribution < 1.29 is 4.74 Å². The Kier molecular flexibility index (Phi) is 3.05. The van der Waals surface area contributed by atoms with Crippen LogP contribution in [0.4, 0.5) is 11.4 Å². The van der Waals surface area contributed by atoms with E-state index in [1.807, 2.05) is 13.0 Å². The molecule has 0 heterocycles. The molecular formula is C18H26N2O. The van der Waals surface area contributed by atoms with E-state index in [0.717, 1.165) is 34.9 Å². The maximum atomic E-state index is 6.04. The monoisotopic (exact) mass is 286 g/mol. The Morgan fingerprint density at radius 1 is 1.10 bits per heavy atom. The van der Waals surface area contributed by atoms with Crippen LogP contribution in [0.1, 0.15) is 45.4 Å². The summed E-state index contributed by atoms with van der Waals surface area (Å²) in [6, 6.07) is 6.08. The predicted molar refractivity (Wildman–Crippen MR) is 86.5 cm³/mol. The minimum atomic E-state index is 0.325. The number of nitrogen functional groups attached to an aromatic ring is 1. The summed E-state index contributed by atoms with van der Waals surface area (Å²) >= 11 is 0. The molecule has 4 bridgehead atoms. The van der Waals surface area contributed by atoms with E-state index in [-0.39, 0.29) is 0 Å². The molecule has 0 spiro atoms. The molecule has 0 atom stereocenters. The third-order valence-electron chi connectivity index (χ3n) is 5.69. The molecule has 0 unspecified atom stereocenters. The molecule has 1 aromatic carbocycles. The lowest BCUT2D eigenvalue weighted by Gasteiger charge is -2.57. The fourth-order valence-corrected chi connectivity index (χ4v) is 5.51. The Labute approximate surface area is 127 Å². The van der Waals surface area contributed by atoms with Crippen molar-refractivity contribution in [2.75, 3.05) is 17.7 Å². The van der Waals surface area contributed by atoms with E-state index in [1.54, 1.807) is 0 Å². The van der Waals surface area contributed by atoms with Crippen molar-refractivity contribution in [3.63, 3.8) is 0 Å². The summed E-state index contributed by atoms with van der Waals surface area (Å²) in [6.45, 7) is 2.69.